The number of hydrogen-bond donors (Lipinski definition) is 5. The van der Waals surface area contributed by atoms with Crippen molar-refractivity contribution in [1.29, 1.82) is 0 Å². The highest BCUT2D eigenvalue weighted by molar-refractivity contribution is 8.00. The lowest BCUT2D eigenvalue weighted by atomic mass is 10.0. The maximum atomic E-state index is 12.0. The molecule has 0 aromatic carbocycles. The van der Waals surface area contributed by atoms with Crippen LogP contribution in [0, 0.1) is 0 Å². The third kappa shape index (κ3) is 15.0. The Morgan fingerprint density at radius 3 is 2.44 bits per heavy atom. The van der Waals surface area contributed by atoms with Crippen LogP contribution in [0.5, 0.6) is 0 Å². The Morgan fingerprint density at radius 2 is 1.67 bits per heavy atom. The Kier molecular flexibility index (Phi) is 17.1. The maximum Gasteiger partial charge on any atom is 0.315 e. The SMILES string of the molecule is CCCCC[C@H](O)/C=C/C=C/C/C=C/C/C=C/CCCC(=O)NNC(=O)CCCC[C@@H]1SC[C@@H]2NC(=O)N[C@@H]21. The molecule has 0 bridgehead atoms. The summed E-state index contributed by atoms with van der Waals surface area (Å²) < 4.78 is 0. The number of fused-ring (bicyclic) bond motifs is 1. The molecule has 39 heavy (non-hydrogen) atoms. The number of allylic oxidation sites excluding steroid dienone is 7. The van der Waals surface area contributed by atoms with E-state index in [2.05, 4.69) is 58.8 Å². The molecule has 2 aliphatic rings. The van der Waals surface area contributed by atoms with E-state index in [1.165, 1.54) is 12.8 Å². The summed E-state index contributed by atoms with van der Waals surface area (Å²) in [6.07, 6.45) is 26.7. The lowest BCUT2D eigenvalue weighted by Crippen LogP contribution is -2.41. The molecule has 4 atom stereocenters. The quantitative estimate of drug-likeness (QED) is 0.0502. The summed E-state index contributed by atoms with van der Waals surface area (Å²) in [5, 5.41) is 16.1. The van der Waals surface area contributed by atoms with Gasteiger partial charge in [-0.2, -0.15) is 11.8 Å². The van der Waals surface area contributed by atoms with Gasteiger partial charge in [0.1, 0.15) is 0 Å². The minimum absolute atomic E-state index is 0.0756. The zero-order valence-electron chi connectivity index (χ0n) is 23.4. The van der Waals surface area contributed by atoms with Crippen LogP contribution in [0.2, 0.25) is 0 Å². The van der Waals surface area contributed by atoms with Crippen molar-refractivity contribution in [1.82, 2.24) is 21.5 Å². The zero-order valence-corrected chi connectivity index (χ0v) is 24.2. The molecule has 2 aliphatic heterocycles. The fraction of sp³-hybridized carbons (Fsp3) is 0.633. The number of urea groups is 1. The lowest BCUT2D eigenvalue weighted by molar-refractivity contribution is -0.129. The summed E-state index contributed by atoms with van der Waals surface area (Å²) in [6.45, 7) is 2.16. The number of hydrogen-bond acceptors (Lipinski definition) is 5. The Hall–Kier alpha value is -2.52. The summed E-state index contributed by atoms with van der Waals surface area (Å²) in [5.41, 5.74) is 5.00. The molecule has 2 saturated heterocycles. The summed E-state index contributed by atoms with van der Waals surface area (Å²) in [5.74, 6) is 0.591. The van der Waals surface area contributed by atoms with Crippen LogP contribution >= 0.6 is 11.8 Å². The van der Waals surface area contributed by atoms with Crippen molar-refractivity contribution >= 4 is 29.6 Å². The first-order chi connectivity index (χ1) is 19.0. The molecule has 2 fully saturated rings. The normalized spacial score (nSPS) is 21.6. The number of hydrazine groups is 1. The average molecular weight is 561 g/mol. The molecule has 2 rings (SSSR count). The predicted octanol–water partition coefficient (Wildman–Crippen LogP) is 4.98. The van der Waals surface area contributed by atoms with Gasteiger partial charge in [0.05, 0.1) is 18.2 Å². The van der Waals surface area contributed by atoms with E-state index >= 15 is 0 Å². The second-order valence-corrected chi connectivity index (χ2v) is 11.4. The van der Waals surface area contributed by atoms with Crippen molar-refractivity contribution in [3.05, 3.63) is 48.6 Å². The number of aliphatic hydroxyl groups excluding tert-OH is 1. The summed E-state index contributed by atoms with van der Waals surface area (Å²) in [6, 6.07) is 0.350. The smallest absolute Gasteiger partial charge is 0.315 e. The summed E-state index contributed by atoms with van der Waals surface area (Å²) in [7, 11) is 0. The van der Waals surface area contributed by atoms with Gasteiger partial charge in [0.15, 0.2) is 0 Å². The molecule has 9 heteroatoms. The molecule has 0 saturated carbocycles. The second-order valence-electron chi connectivity index (χ2n) is 10.1. The number of nitrogens with one attached hydrogen (secondary N) is 4. The zero-order chi connectivity index (χ0) is 28.1. The van der Waals surface area contributed by atoms with E-state index in [1.54, 1.807) is 0 Å². The van der Waals surface area contributed by atoms with Gasteiger partial charge in [-0.3, -0.25) is 20.4 Å². The van der Waals surface area contributed by atoms with E-state index < -0.39 is 0 Å². The van der Waals surface area contributed by atoms with Gasteiger partial charge in [-0.15, -0.1) is 0 Å². The predicted molar refractivity (Wildman–Crippen MR) is 160 cm³/mol. The average Bonchev–Trinajstić information content (AvgIpc) is 3.47. The van der Waals surface area contributed by atoms with Crippen LogP contribution in [0.15, 0.2) is 48.6 Å². The van der Waals surface area contributed by atoms with Crippen LogP contribution in [0.25, 0.3) is 0 Å². The number of carbonyl (C=O) groups is 3. The van der Waals surface area contributed by atoms with E-state index in [0.717, 1.165) is 63.5 Å². The first-order valence-corrected chi connectivity index (χ1v) is 15.6. The molecule has 4 amide bonds. The molecule has 0 aromatic rings. The monoisotopic (exact) mass is 560 g/mol. The molecule has 218 valence electrons. The Morgan fingerprint density at radius 1 is 0.949 bits per heavy atom. The molecule has 0 radical (unpaired) electrons. The lowest BCUT2D eigenvalue weighted by Gasteiger charge is -2.16. The van der Waals surface area contributed by atoms with Gasteiger partial charge in [-0.1, -0.05) is 81.2 Å². The van der Waals surface area contributed by atoms with E-state index in [9.17, 15) is 19.5 Å². The van der Waals surface area contributed by atoms with Crippen LogP contribution in [0.1, 0.15) is 90.4 Å². The molecular weight excluding hydrogens is 512 g/mol. The molecule has 0 aliphatic carbocycles. The van der Waals surface area contributed by atoms with Crippen molar-refractivity contribution in [3.63, 3.8) is 0 Å². The van der Waals surface area contributed by atoms with Crippen molar-refractivity contribution < 1.29 is 19.5 Å². The number of aliphatic hydroxyl groups is 1. The third-order valence-electron chi connectivity index (χ3n) is 6.76. The third-order valence-corrected chi connectivity index (χ3v) is 8.27. The van der Waals surface area contributed by atoms with Gasteiger partial charge >= 0.3 is 6.03 Å². The molecule has 0 unspecified atom stereocenters. The second kappa shape index (κ2) is 20.4. The summed E-state index contributed by atoms with van der Waals surface area (Å²) in [4.78, 5) is 35.3. The van der Waals surface area contributed by atoms with Crippen LogP contribution in [0.3, 0.4) is 0 Å². The van der Waals surface area contributed by atoms with Crippen molar-refractivity contribution in [3.8, 4) is 0 Å². The van der Waals surface area contributed by atoms with Crippen molar-refractivity contribution in [2.24, 2.45) is 0 Å². The van der Waals surface area contributed by atoms with E-state index in [4.69, 9.17) is 0 Å². The van der Waals surface area contributed by atoms with Gasteiger partial charge in [-0.25, -0.2) is 4.79 Å². The number of rotatable bonds is 19. The van der Waals surface area contributed by atoms with Gasteiger partial charge in [0.2, 0.25) is 11.8 Å². The number of amides is 4. The minimum atomic E-state index is -0.348. The van der Waals surface area contributed by atoms with Gasteiger partial charge in [-0.05, 0) is 44.9 Å². The number of thioether (sulfide) groups is 1. The van der Waals surface area contributed by atoms with Crippen molar-refractivity contribution in [2.75, 3.05) is 5.75 Å². The maximum absolute atomic E-state index is 12.0. The molecule has 0 aromatic heterocycles. The van der Waals surface area contributed by atoms with E-state index in [-0.39, 0.29) is 36.0 Å². The van der Waals surface area contributed by atoms with Crippen LogP contribution in [-0.4, -0.2) is 52.1 Å². The fourth-order valence-electron chi connectivity index (χ4n) is 4.53. The standard InChI is InChI=1S/C30H48N4O4S/c1-2-3-13-18-24(35)19-14-11-9-7-5-4-6-8-10-12-15-21-27(36)33-34-28(37)22-17-16-20-26-29-25(23-39-26)31-30(38)32-29/h4-5,8-11,14,19,24-26,29,35H,2-3,6-7,12-13,15-18,20-23H2,1H3,(H,33,36)(H,34,37)(H2,31,32,38)/b5-4+,10-8+,11-9+,19-14+/t24-,25-,26-,29-/m0/s1. The largest absolute Gasteiger partial charge is 0.389 e. The number of carbonyl (C=O) groups excluding carboxylic acids is 3. The summed E-state index contributed by atoms with van der Waals surface area (Å²) >= 11 is 1.88. The van der Waals surface area contributed by atoms with Crippen molar-refractivity contribution in [2.45, 2.75) is 114 Å². The van der Waals surface area contributed by atoms with Gasteiger partial charge < -0.3 is 15.7 Å². The molecule has 2 heterocycles. The van der Waals surface area contributed by atoms with Crippen LogP contribution in [-0.2, 0) is 9.59 Å². The first-order valence-electron chi connectivity index (χ1n) is 14.6. The van der Waals surface area contributed by atoms with E-state index in [1.807, 2.05) is 30.0 Å². The Bertz CT molecular complexity index is 858. The number of unbranched alkanes of at least 4 members (excludes halogenated alkanes) is 4. The Labute approximate surface area is 238 Å². The fourth-order valence-corrected chi connectivity index (χ4v) is 6.08. The highest BCUT2D eigenvalue weighted by Gasteiger charge is 2.42. The highest BCUT2D eigenvalue weighted by atomic mass is 32.2. The van der Waals surface area contributed by atoms with Gasteiger partial charge in [0, 0.05) is 23.8 Å². The molecule has 8 nitrogen and oxygen atoms in total. The first kappa shape index (κ1) is 32.7. The molecular formula is C30H48N4O4S. The van der Waals surface area contributed by atoms with Crippen LogP contribution in [0.4, 0.5) is 4.79 Å². The molecule has 5 N–H and O–H groups in total. The van der Waals surface area contributed by atoms with E-state index in [0.29, 0.717) is 18.1 Å². The van der Waals surface area contributed by atoms with Crippen LogP contribution < -0.4 is 21.5 Å². The molecule has 0 spiro atoms. The highest BCUT2D eigenvalue weighted by Crippen LogP contribution is 2.33. The topological polar surface area (TPSA) is 120 Å². The minimum Gasteiger partial charge on any atom is -0.389 e. The van der Waals surface area contributed by atoms with Gasteiger partial charge in [0.25, 0.3) is 0 Å². The Balaban J connectivity index is 1.39.